The predicted molar refractivity (Wildman–Crippen MR) is 104 cm³/mol. The Morgan fingerprint density at radius 3 is 2.23 bits per heavy atom. The van der Waals surface area contributed by atoms with E-state index < -0.39 is 0 Å². The second-order valence-electron chi connectivity index (χ2n) is 5.98. The van der Waals surface area contributed by atoms with E-state index in [1.54, 1.807) is 43.5 Å². The number of carbonyl (C=O) groups is 1. The van der Waals surface area contributed by atoms with Gasteiger partial charge in [-0.25, -0.2) is 0 Å². The van der Waals surface area contributed by atoms with Crippen LogP contribution in [0.4, 0.5) is 0 Å². The molecular weight excluding hydrogens is 328 g/mol. The lowest BCUT2D eigenvalue weighted by Crippen LogP contribution is -1.97. The number of aliphatic hydroxyl groups excluding tert-OH is 1. The molecule has 0 aliphatic heterocycles. The van der Waals surface area contributed by atoms with Crippen molar-refractivity contribution in [2.75, 3.05) is 20.3 Å². The molecule has 2 aromatic carbocycles. The fourth-order valence-corrected chi connectivity index (χ4v) is 2.46. The van der Waals surface area contributed by atoms with Gasteiger partial charge in [-0.1, -0.05) is 24.6 Å². The molecule has 0 aromatic heterocycles. The molecule has 0 heterocycles. The zero-order valence-corrected chi connectivity index (χ0v) is 15.2. The van der Waals surface area contributed by atoms with Crippen LogP contribution < -0.4 is 9.47 Å². The van der Waals surface area contributed by atoms with Crippen LogP contribution in [0.5, 0.6) is 11.5 Å². The Hall–Kier alpha value is -2.59. The van der Waals surface area contributed by atoms with Crippen LogP contribution in [0, 0.1) is 0 Å². The zero-order valence-electron chi connectivity index (χ0n) is 15.2. The molecule has 26 heavy (non-hydrogen) atoms. The van der Waals surface area contributed by atoms with E-state index in [0.29, 0.717) is 12.2 Å². The first-order valence-corrected chi connectivity index (χ1v) is 8.93. The molecule has 0 radical (unpaired) electrons. The Kier molecular flexibility index (Phi) is 8.43. The summed E-state index contributed by atoms with van der Waals surface area (Å²) >= 11 is 0. The fraction of sp³-hybridized carbons (Fsp3) is 0.318. The summed E-state index contributed by atoms with van der Waals surface area (Å²) in [6, 6.07) is 14.7. The minimum atomic E-state index is -0.0455. The van der Waals surface area contributed by atoms with Gasteiger partial charge in [-0.05, 0) is 67.3 Å². The van der Waals surface area contributed by atoms with Crippen LogP contribution in [0.15, 0.2) is 54.6 Å². The van der Waals surface area contributed by atoms with Gasteiger partial charge in [0.2, 0.25) is 0 Å². The van der Waals surface area contributed by atoms with Gasteiger partial charge in [0, 0.05) is 12.2 Å². The Morgan fingerprint density at radius 1 is 0.923 bits per heavy atom. The van der Waals surface area contributed by atoms with Crippen LogP contribution in [0.1, 0.15) is 41.6 Å². The minimum Gasteiger partial charge on any atom is -0.497 e. The summed E-state index contributed by atoms with van der Waals surface area (Å²) < 4.78 is 10.8. The van der Waals surface area contributed by atoms with Crippen molar-refractivity contribution in [3.63, 3.8) is 0 Å². The van der Waals surface area contributed by atoms with Crippen molar-refractivity contribution in [3.8, 4) is 11.5 Å². The van der Waals surface area contributed by atoms with Crippen molar-refractivity contribution in [2.24, 2.45) is 0 Å². The maximum Gasteiger partial charge on any atom is 0.185 e. The maximum atomic E-state index is 12.2. The average Bonchev–Trinajstić information content (AvgIpc) is 2.69. The minimum absolute atomic E-state index is 0.0455. The topological polar surface area (TPSA) is 55.8 Å². The average molecular weight is 354 g/mol. The Morgan fingerprint density at radius 2 is 1.58 bits per heavy atom. The number of rotatable bonds is 11. The van der Waals surface area contributed by atoms with Crippen molar-refractivity contribution in [1.82, 2.24) is 0 Å². The molecule has 4 nitrogen and oxygen atoms in total. The Bertz CT molecular complexity index is 687. The third-order valence-electron chi connectivity index (χ3n) is 4.00. The highest BCUT2D eigenvalue weighted by atomic mass is 16.5. The van der Waals surface area contributed by atoms with Crippen LogP contribution in [0.3, 0.4) is 0 Å². The van der Waals surface area contributed by atoms with Gasteiger partial charge < -0.3 is 14.6 Å². The van der Waals surface area contributed by atoms with Gasteiger partial charge in [-0.3, -0.25) is 4.79 Å². The van der Waals surface area contributed by atoms with Crippen LogP contribution in [0.2, 0.25) is 0 Å². The molecule has 0 saturated carbocycles. The van der Waals surface area contributed by atoms with Gasteiger partial charge in [0.15, 0.2) is 5.78 Å². The molecule has 2 aromatic rings. The molecule has 0 unspecified atom stereocenters. The number of ketones is 1. The monoisotopic (exact) mass is 354 g/mol. The van der Waals surface area contributed by atoms with Gasteiger partial charge >= 0.3 is 0 Å². The summed E-state index contributed by atoms with van der Waals surface area (Å²) in [5.74, 6) is 1.51. The predicted octanol–water partition coefficient (Wildman–Crippen LogP) is 4.52. The first-order valence-electron chi connectivity index (χ1n) is 8.93. The maximum absolute atomic E-state index is 12.2. The number of unbranched alkanes of at least 4 members (excludes halogenated alkanes) is 3. The highest BCUT2D eigenvalue weighted by Gasteiger charge is 2.02. The zero-order chi connectivity index (χ0) is 18.6. The number of benzene rings is 2. The van der Waals surface area contributed by atoms with Crippen molar-refractivity contribution >= 4 is 11.9 Å². The van der Waals surface area contributed by atoms with E-state index in [1.807, 2.05) is 24.3 Å². The summed E-state index contributed by atoms with van der Waals surface area (Å²) in [4.78, 5) is 12.2. The summed E-state index contributed by atoms with van der Waals surface area (Å²) in [6.07, 6.45) is 7.30. The van der Waals surface area contributed by atoms with Crippen molar-refractivity contribution < 1.29 is 19.4 Å². The molecule has 0 aliphatic rings. The van der Waals surface area contributed by atoms with Crippen LogP contribution in [0.25, 0.3) is 6.08 Å². The summed E-state index contributed by atoms with van der Waals surface area (Å²) in [5.41, 5.74) is 1.57. The smallest absolute Gasteiger partial charge is 0.185 e. The Balaban J connectivity index is 1.80. The number of ether oxygens (including phenoxy) is 2. The van der Waals surface area contributed by atoms with Crippen molar-refractivity contribution in [1.29, 1.82) is 0 Å². The normalized spacial score (nSPS) is 10.8. The summed E-state index contributed by atoms with van der Waals surface area (Å²) in [6.45, 7) is 0.938. The summed E-state index contributed by atoms with van der Waals surface area (Å²) in [5, 5.41) is 8.73. The second kappa shape index (κ2) is 11.1. The van der Waals surface area contributed by atoms with E-state index in [-0.39, 0.29) is 12.4 Å². The first-order chi connectivity index (χ1) is 12.7. The molecule has 4 heteroatoms. The van der Waals surface area contributed by atoms with E-state index in [9.17, 15) is 4.79 Å². The fourth-order valence-electron chi connectivity index (χ4n) is 2.46. The van der Waals surface area contributed by atoms with Crippen LogP contribution in [-0.4, -0.2) is 31.2 Å². The van der Waals surface area contributed by atoms with Gasteiger partial charge in [-0.15, -0.1) is 0 Å². The van der Waals surface area contributed by atoms with Crippen molar-refractivity contribution in [2.45, 2.75) is 25.7 Å². The van der Waals surface area contributed by atoms with E-state index >= 15 is 0 Å². The summed E-state index contributed by atoms with van der Waals surface area (Å²) in [7, 11) is 1.60. The van der Waals surface area contributed by atoms with Gasteiger partial charge in [0.25, 0.3) is 0 Å². The molecule has 0 atom stereocenters. The molecule has 0 bridgehead atoms. The van der Waals surface area contributed by atoms with E-state index in [1.165, 1.54) is 0 Å². The molecule has 0 aliphatic carbocycles. The molecule has 0 saturated heterocycles. The lowest BCUT2D eigenvalue weighted by atomic mass is 10.1. The molecule has 0 spiro atoms. The quantitative estimate of drug-likeness (QED) is 0.366. The second-order valence-corrected chi connectivity index (χ2v) is 5.98. The molecule has 138 valence electrons. The van der Waals surface area contributed by atoms with Crippen LogP contribution >= 0.6 is 0 Å². The lowest BCUT2D eigenvalue weighted by Gasteiger charge is -2.06. The standard InChI is InChI=1S/C22H26O4/c1-25-20-13-9-19(10-14-20)22(24)15-8-18-6-11-21(12-7-18)26-17-5-3-2-4-16-23/h6-15,23H,2-5,16-17H2,1H3. The molecular formula is C22H26O4. The highest BCUT2D eigenvalue weighted by Crippen LogP contribution is 2.15. The SMILES string of the molecule is COc1ccc(C(=O)C=Cc2ccc(OCCCCCCO)cc2)cc1. The number of hydrogen-bond donors (Lipinski definition) is 1. The van der Waals surface area contributed by atoms with E-state index in [2.05, 4.69) is 0 Å². The number of allylic oxidation sites excluding steroid dienone is 1. The lowest BCUT2D eigenvalue weighted by molar-refractivity contribution is 0.104. The van der Waals surface area contributed by atoms with Crippen LogP contribution in [-0.2, 0) is 0 Å². The highest BCUT2D eigenvalue weighted by molar-refractivity contribution is 6.06. The molecule has 0 amide bonds. The van der Waals surface area contributed by atoms with Gasteiger partial charge in [0.05, 0.1) is 13.7 Å². The molecule has 2 rings (SSSR count). The van der Waals surface area contributed by atoms with E-state index in [0.717, 1.165) is 42.7 Å². The third kappa shape index (κ3) is 6.73. The molecule has 1 N–H and O–H groups in total. The first kappa shape index (κ1) is 19.7. The number of methoxy groups -OCH3 is 1. The number of hydrogen-bond acceptors (Lipinski definition) is 4. The number of carbonyl (C=O) groups excluding carboxylic acids is 1. The molecule has 0 fully saturated rings. The Labute approximate surface area is 155 Å². The van der Waals surface area contributed by atoms with Gasteiger partial charge in [-0.2, -0.15) is 0 Å². The van der Waals surface area contributed by atoms with Crippen molar-refractivity contribution in [3.05, 3.63) is 65.7 Å². The van der Waals surface area contributed by atoms with E-state index in [4.69, 9.17) is 14.6 Å². The van der Waals surface area contributed by atoms with Gasteiger partial charge in [0.1, 0.15) is 11.5 Å². The third-order valence-corrected chi connectivity index (χ3v) is 4.00. The number of aliphatic hydroxyl groups is 1. The largest absolute Gasteiger partial charge is 0.497 e.